The first-order valence-electron chi connectivity index (χ1n) is 7.27. The Hall–Kier alpha value is -2.49. The van der Waals surface area contributed by atoms with Gasteiger partial charge in [0.15, 0.2) is 0 Å². The van der Waals surface area contributed by atoms with Gasteiger partial charge in [0.1, 0.15) is 24.7 Å². The van der Waals surface area contributed by atoms with Gasteiger partial charge < -0.3 is 14.6 Å². The summed E-state index contributed by atoms with van der Waals surface area (Å²) in [6, 6.07) is 17.1. The van der Waals surface area contributed by atoms with Gasteiger partial charge in [0.2, 0.25) is 0 Å². The fourth-order valence-electron chi connectivity index (χ4n) is 2.11. The van der Waals surface area contributed by atoms with E-state index in [4.69, 9.17) is 14.6 Å². The molecular formula is C18H20O4. The van der Waals surface area contributed by atoms with Gasteiger partial charge in [-0.1, -0.05) is 37.3 Å². The fraction of sp³-hybridized carbons (Fsp3) is 0.278. The summed E-state index contributed by atoms with van der Waals surface area (Å²) < 4.78 is 11.1. The molecule has 2 rings (SSSR count). The van der Waals surface area contributed by atoms with Crippen molar-refractivity contribution in [1.82, 2.24) is 0 Å². The van der Waals surface area contributed by atoms with E-state index in [0.717, 1.165) is 17.1 Å². The average Bonchev–Trinajstić information content (AvgIpc) is 2.52. The van der Waals surface area contributed by atoms with Crippen LogP contribution in [0.4, 0.5) is 0 Å². The van der Waals surface area contributed by atoms with Gasteiger partial charge in [0.05, 0.1) is 6.42 Å². The fourth-order valence-corrected chi connectivity index (χ4v) is 2.11. The largest absolute Gasteiger partial charge is 0.490 e. The Labute approximate surface area is 130 Å². The Kier molecular flexibility index (Phi) is 5.83. The molecule has 0 aliphatic carbocycles. The van der Waals surface area contributed by atoms with Crippen LogP contribution in [0.25, 0.3) is 0 Å². The normalized spacial score (nSPS) is 11.7. The molecule has 2 aromatic rings. The first kappa shape index (κ1) is 15.9. The third kappa shape index (κ3) is 5.13. The molecule has 2 aromatic carbocycles. The number of rotatable bonds is 8. The molecule has 4 heteroatoms. The van der Waals surface area contributed by atoms with E-state index in [-0.39, 0.29) is 12.3 Å². The Morgan fingerprint density at radius 1 is 0.955 bits per heavy atom. The van der Waals surface area contributed by atoms with E-state index >= 15 is 0 Å². The van der Waals surface area contributed by atoms with Crippen LogP contribution in [-0.2, 0) is 4.79 Å². The Balaban J connectivity index is 1.75. The number of hydrogen-bond donors (Lipinski definition) is 1. The lowest BCUT2D eigenvalue weighted by Gasteiger charge is -2.11. The van der Waals surface area contributed by atoms with Crippen LogP contribution in [0.5, 0.6) is 11.5 Å². The topological polar surface area (TPSA) is 55.8 Å². The lowest BCUT2D eigenvalue weighted by atomic mass is 9.98. The number of ether oxygens (including phenoxy) is 2. The van der Waals surface area contributed by atoms with E-state index in [2.05, 4.69) is 0 Å². The molecule has 116 valence electrons. The second-order valence-electron chi connectivity index (χ2n) is 5.08. The number of aliphatic carboxylic acids is 1. The number of hydrogen-bond acceptors (Lipinski definition) is 3. The predicted octanol–water partition coefficient (Wildman–Crippen LogP) is 3.72. The molecule has 4 nitrogen and oxygen atoms in total. The zero-order valence-electron chi connectivity index (χ0n) is 12.6. The Morgan fingerprint density at radius 3 is 2.05 bits per heavy atom. The molecule has 0 aromatic heterocycles. The van der Waals surface area contributed by atoms with E-state index in [1.165, 1.54) is 0 Å². The third-order valence-electron chi connectivity index (χ3n) is 3.29. The molecule has 1 unspecified atom stereocenters. The van der Waals surface area contributed by atoms with Crippen LogP contribution in [-0.4, -0.2) is 24.3 Å². The Morgan fingerprint density at radius 2 is 1.50 bits per heavy atom. The molecule has 1 N–H and O–H groups in total. The number of benzene rings is 2. The minimum absolute atomic E-state index is 0.00651. The van der Waals surface area contributed by atoms with Crippen molar-refractivity contribution in [3.8, 4) is 11.5 Å². The van der Waals surface area contributed by atoms with Gasteiger partial charge in [-0.05, 0) is 35.7 Å². The predicted molar refractivity (Wildman–Crippen MR) is 84.5 cm³/mol. The van der Waals surface area contributed by atoms with E-state index in [9.17, 15) is 4.79 Å². The summed E-state index contributed by atoms with van der Waals surface area (Å²) in [5, 5.41) is 8.80. The SMILES string of the molecule is CC(CC(=O)O)c1ccc(OCCOc2ccccc2)cc1. The van der Waals surface area contributed by atoms with Crippen molar-refractivity contribution in [3.05, 3.63) is 60.2 Å². The van der Waals surface area contributed by atoms with Crippen molar-refractivity contribution >= 4 is 5.97 Å². The molecule has 0 aliphatic rings. The zero-order chi connectivity index (χ0) is 15.8. The monoisotopic (exact) mass is 300 g/mol. The molecule has 0 spiro atoms. The Bertz CT molecular complexity index is 578. The molecular weight excluding hydrogens is 280 g/mol. The summed E-state index contributed by atoms with van der Waals surface area (Å²) in [5.74, 6) is 0.783. The van der Waals surface area contributed by atoms with Gasteiger partial charge in [-0.2, -0.15) is 0 Å². The first-order chi connectivity index (χ1) is 10.6. The smallest absolute Gasteiger partial charge is 0.303 e. The molecule has 0 heterocycles. The van der Waals surface area contributed by atoms with Gasteiger partial charge in [-0.25, -0.2) is 0 Å². The van der Waals surface area contributed by atoms with Gasteiger partial charge in [-0.15, -0.1) is 0 Å². The van der Waals surface area contributed by atoms with E-state index in [0.29, 0.717) is 13.2 Å². The number of carboxylic acid groups (broad SMARTS) is 1. The second kappa shape index (κ2) is 8.08. The summed E-state index contributed by atoms with van der Waals surface area (Å²) >= 11 is 0. The number of carboxylic acids is 1. The standard InChI is InChI=1S/C18H20O4/c1-14(13-18(19)20)15-7-9-17(10-8-15)22-12-11-21-16-5-3-2-4-6-16/h2-10,14H,11-13H2,1H3,(H,19,20). The van der Waals surface area contributed by atoms with Gasteiger partial charge in [0.25, 0.3) is 0 Å². The van der Waals surface area contributed by atoms with Gasteiger partial charge in [-0.3, -0.25) is 4.79 Å². The molecule has 0 radical (unpaired) electrons. The van der Waals surface area contributed by atoms with Crippen LogP contribution in [0.1, 0.15) is 24.8 Å². The lowest BCUT2D eigenvalue weighted by Crippen LogP contribution is -2.09. The zero-order valence-corrected chi connectivity index (χ0v) is 12.6. The van der Waals surface area contributed by atoms with Crippen molar-refractivity contribution in [2.45, 2.75) is 19.3 Å². The van der Waals surface area contributed by atoms with Crippen molar-refractivity contribution in [1.29, 1.82) is 0 Å². The van der Waals surface area contributed by atoms with Crippen molar-refractivity contribution in [2.24, 2.45) is 0 Å². The highest BCUT2D eigenvalue weighted by molar-refractivity contribution is 5.67. The molecule has 0 amide bonds. The summed E-state index contributed by atoms with van der Waals surface area (Å²) in [4.78, 5) is 10.7. The number of carbonyl (C=O) groups is 1. The third-order valence-corrected chi connectivity index (χ3v) is 3.29. The highest BCUT2D eigenvalue weighted by Gasteiger charge is 2.09. The van der Waals surface area contributed by atoms with Crippen LogP contribution in [0.3, 0.4) is 0 Å². The average molecular weight is 300 g/mol. The van der Waals surface area contributed by atoms with Crippen LogP contribution >= 0.6 is 0 Å². The minimum atomic E-state index is -0.786. The van der Waals surface area contributed by atoms with E-state index < -0.39 is 5.97 Å². The highest BCUT2D eigenvalue weighted by Crippen LogP contribution is 2.21. The van der Waals surface area contributed by atoms with Crippen molar-refractivity contribution in [2.75, 3.05) is 13.2 Å². The van der Waals surface area contributed by atoms with Crippen LogP contribution in [0, 0.1) is 0 Å². The molecule has 0 saturated carbocycles. The summed E-state index contributed by atoms with van der Waals surface area (Å²) in [5.41, 5.74) is 0.996. The molecule has 0 saturated heterocycles. The minimum Gasteiger partial charge on any atom is -0.490 e. The first-order valence-corrected chi connectivity index (χ1v) is 7.27. The maximum absolute atomic E-state index is 10.7. The van der Waals surface area contributed by atoms with E-state index in [1.807, 2.05) is 61.5 Å². The van der Waals surface area contributed by atoms with Crippen molar-refractivity contribution in [3.63, 3.8) is 0 Å². The van der Waals surface area contributed by atoms with Crippen LogP contribution < -0.4 is 9.47 Å². The quantitative estimate of drug-likeness (QED) is 0.755. The molecule has 0 aliphatic heterocycles. The molecule has 0 fully saturated rings. The summed E-state index contributed by atoms with van der Waals surface area (Å²) in [6.45, 7) is 2.83. The van der Waals surface area contributed by atoms with Gasteiger partial charge in [0, 0.05) is 0 Å². The van der Waals surface area contributed by atoms with Crippen LogP contribution in [0.15, 0.2) is 54.6 Å². The summed E-state index contributed by atoms with van der Waals surface area (Å²) in [6.07, 6.45) is 0.130. The van der Waals surface area contributed by atoms with Crippen molar-refractivity contribution < 1.29 is 19.4 Å². The van der Waals surface area contributed by atoms with Crippen LogP contribution in [0.2, 0.25) is 0 Å². The summed E-state index contributed by atoms with van der Waals surface area (Å²) in [7, 11) is 0. The number of para-hydroxylation sites is 1. The van der Waals surface area contributed by atoms with E-state index in [1.54, 1.807) is 0 Å². The molecule has 22 heavy (non-hydrogen) atoms. The highest BCUT2D eigenvalue weighted by atomic mass is 16.5. The molecule has 1 atom stereocenters. The maximum Gasteiger partial charge on any atom is 0.303 e. The second-order valence-corrected chi connectivity index (χ2v) is 5.08. The van der Waals surface area contributed by atoms with Gasteiger partial charge >= 0.3 is 5.97 Å². The molecule has 0 bridgehead atoms. The maximum atomic E-state index is 10.7. The lowest BCUT2D eigenvalue weighted by molar-refractivity contribution is -0.137.